The SMILES string of the molecule is O=C([O-])CSCc1nc2scc(-c3ccccc3)c2c(=O)[nH]1. The van der Waals surface area contributed by atoms with Gasteiger partial charge in [0.25, 0.3) is 5.56 Å². The molecule has 0 spiro atoms. The molecule has 0 amide bonds. The fourth-order valence-corrected chi connectivity index (χ4v) is 3.69. The van der Waals surface area contributed by atoms with Crippen molar-refractivity contribution in [2.24, 2.45) is 0 Å². The molecular formula is C15H11N2O3S2-. The second kappa shape index (κ2) is 6.33. The minimum atomic E-state index is -1.13. The van der Waals surface area contributed by atoms with Crippen molar-refractivity contribution in [2.45, 2.75) is 5.75 Å². The first-order chi connectivity index (χ1) is 10.6. The van der Waals surface area contributed by atoms with Crippen LogP contribution in [0.4, 0.5) is 0 Å². The van der Waals surface area contributed by atoms with E-state index in [9.17, 15) is 14.7 Å². The third kappa shape index (κ3) is 3.05. The van der Waals surface area contributed by atoms with Crippen molar-refractivity contribution >= 4 is 39.3 Å². The summed E-state index contributed by atoms with van der Waals surface area (Å²) in [5.74, 6) is -0.444. The van der Waals surface area contributed by atoms with Gasteiger partial charge in [0.15, 0.2) is 0 Å². The maximum atomic E-state index is 12.3. The van der Waals surface area contributed by atoms with Gasteiger partial charge in [0.2, 0.25) is 0 Å². The average Bonchev–Trinajstić information content (AvgIpc) is 2.92. The van der Waals surface area contributed by atoms with Gasteiger partial charge in [0.1, 0.15) is 10.7 Å². The number of nitrogens with one attached hydrogen (secondary N) is 1. The van der Waals surface area contributed by atoms with Gasteiger partial charge in [-0.2, -0.15) is 0 Å². The Morgan fingerprint density at radius 2 is 2.09 bits per heavy atom. The Morgan fingerprint density at radius 3 is 2.82 bits per heavy atom. The zero-order chi connectivity index (χ0) is 15.5. The maximum absolute atomic E-state index is 12.3. The molecule has 2 heterocycles. The number of carboxylic acid groups (broad SMARTS) is 1. The van der Waals surface area contributed by atoms with Crippen molar-refractivity contribution < 1.29 is 9.90 Å². The molecule has 3 aromatic rings. The van der Waals surface area contributed by atoms with Gasteiger partial charge in [-0.25, -0.2) is 4.98 Å². The second-order valence-electron chi connectivity index (χ2n) is 4.57. The number of thiophene rings is 1. The summed E-state index contributed by atoms with van der Waals surface area (Å²) < 4.78 is 0. The fraction of sp³-hybridized carbons (Fsp3) is 0.133. The molecule has 0 atom stereocenters. The lowest BCUT2D eigenvalue weighted by atomic mass is 10.1. The van der Waals surface area contributed by atoms with Crippen LogP contribution in [0.25, 0.3) is 21.3 Å². The summed E-state index contributed by atoms with van der Waals surface area (Å²) in [4.78, 5) is 30.5. The van der Waals surface area contributed by atoms with E-state index in [0.717, 1.165) is 22.9 Å². The van der Waals surface area contributed by atoms with Crippen LogP contribution >= 0.6 is 23.1 Å². The van der Waals surface area contributed by atoms with E-state index in [2.05, 4.69) is 9.97 Å². The van der Waals surface area contributed by atoms with E-state index in [1.54, 1.807) is 0 Å². The van der Waals surface area contributed by atoms with Gasteiger partial charge in [-0.1, -0.05) is 30.3 Å². The summed E-state index contributed by atoms with van der Waals surface area (Å²) in [6, 6.07) is 9.67. The zero-order valence-electron chi connectivity index (χ0n) is 11.4. The molecule has 22 heavy (non-hydrogen) atoms. The molecule has 0 fully saturated rings. The van der Waals surface area contributed by atoms with Gasteiger partial charge in [0, 0.05) is 16.7 Å². The number of fused-ring (bicyclic) bond motifs is 1. The van der Waals surface area contributed by atoms with E-state index in [4.69, 9.17) is 0 Å². The van der Waals surface area contributed by atoms with Gasteiger partial charge in [-0.05, 0) is 5.56 Å². The molecule has 0 saturated heterocycles. The predicted octanol–water partition coefficient (Wildman–Crippen LogP) is 1.63. The highest BCUT2D eigenvalue weighted by molar-refractivity contribution is 7.99. The minimum Gasteiger partial charge on any atom is -0.549 e. The fourth-order valence-electron chi connectivity index (χ4n) is 2.12. The Hall–Kier alpha value is -2.12. The van der Waals surface area contributed by atoms with Crippen LogP contribution in [0.2, 0.25) is 0 Å². The van der Waals surface area contributed by atoms with Crippen LogP contribution in [0.15, 0.2) is 40.5 Å². The Morgan fingerprint density at radius 1 is 1.32 bits per heavy atom. The number of aliphatic carboxylic acids is 1. The number of carbonyl (C=O) groups excluding carboxylic acids is 1. The van der Waals surface area contributed by atoms with E-state index < -0.39 is 5.97 Å². The van der Waals surface area contributed by atoms with Crippen LogP contribution in [0.1, 0.15) is 5.82 Å². The molecule has 0 aliphatic rings. The monoisotopic (exact) mass is 331 g/mol. The van der Waals surface area contributed by atoms with Crippen LogP contribution in [-0.2, 0) is 10.5 Å². The molecule has 0 saturated carbocycles. The molecule has 1 aromatic carbocycles. The molecule has 0 unspecified atom stereocenters. The standard InChI is InChI=1S/C15H12N2O3S2/c18-12(19)8-21-7-11-16-14(20)13-10(6-22-15(13)17-11)9-4-2-1-3-5-9/h1-6H,7-8H2,(H,18,19)(H,16,17,20)/p-1. The molecule has 2 aromatic heterocycles. The summed E-state index contributed by atoms with van der Waals surface area (Å²) in [6.45, 7) is 0. The number of benzene rings is 1. The summed E-state index contributed by atoms with van der Waals surface area (Å²) in [5, 5.41) is 12.9. The Bertz CT molecular complexity index is 871. The lowest BCUT2D eigenvalue weighted by Crippen LogP contribution is -2.24. The highest BCUT2D eigenvalue weighted by Gasteiger charge is 2.12. The topological polar surface area (TPSA) is 85.9 Å². The number of rotatable bonds is 5. The zero-order valence-corrected chi connectivity index (χ0v) is 13.0. The van der Waals surface area contributed by atoms with Gasteiger partial charge < -0.3 is 14.9 Å². The summed E-state index contributed by atoms with van der Waals surface area (Å²) in [5.41, 5.74) is 1.64. The highest BCUT2D eigenvalue weighted by Crippen LogP contribution is 2.30. The average molecular weight is 331 g/mol. The van der Waals surface area contributed by atoms with Gasteiger partial charge in [0.05, 0.1) is 17.1 Å². The highest BCUT2D eigenvalue weighted by atomic mass is 32.2. The van der Waals surface area contributed by atoms with Crippen molar-refractivity contribution in [2.75, 3.05) is 5.75 Å². The molecule has 0 aliphatic carbocycles. The van der Waals surface area contributed by atoms with Crippen molar-refractivity contribution in [1.29, 1.82) is 0 Å². The lowest BCUT2D eigenvalue weighted by molar-refractivity contribution is -0.301. The number of carbonyl (C=O) groups is 1. The van der Waals surface area contributed by atoms with Crippen LogP contribution in [-0.4, -0.2) is 21.7 Å². The number of aromatic amines is 1. The number of hydrogen-bond donors (Lipinski definition) is 1. The van der Waals surface area contributed by atoms with E-state index in [1.165, 1.54) is 11.3 Å². The van der Waals surface area contributed by atoms with Gasteiger partial charge in [-0.15, -0.1) is 23.1 Å². The molecule has 3 rings (SSSR count). The number of nitrogens with zero attached hydrogens (tertiary/aromatic N) is 1. The van der Waals surface area contributed by atoms with Crippen molar-refractivity contribution in [1.82, 2.24) is 9.97 Å². The van der Waals surface area contributed by atoms with Crippen molar-refractivity contribution in [3.8, 4) is 11.1 Å². The molecule has 0 radical (unpaired) electrons. The third-order valence-corrected chi connectivity index (χ3v) is 4.83. The first-order valence-electron chi connectivity index (χ1n) is 6.48. The maximum Gasteiger partial charge on any atom is 0.260 e. The molecular weight excluding hydrogens is 320 g/mol. The number of H-pyrrole nitrogens is 1. The lowest BCUT2D eigenvalue weighted by Gasteiger charge is -2.03. The molecule has 112 valence electrons. The third-order valence-electron chi connectivity index (χ3n) is 3.04. The molecule has 5 nitrogen and oxygen atoms in total. The molecule has 0 aliphatic heterocycles. The van der Waals surface area contributed by atoms with Crippen LogP contribution in [0, 0.1) is 0 Å². The Labute approximate surface area is 134 Å². The summed E-state index contributed by atoms with van der Waals surface area (Å²) in [7, 11) is 0. The normalized spacial score (nSPS) is 10.9. The summed E-state index contributed by atoms with van der Waals surface area (Å²) >= 11 is 2.55. The largest absolute Gasteiger partial charge is 0.549 e. The Balaban J connectivity index is 1.96. The van der Waals surface area contributed by atoms with Crippen LogP contribution < -0.4 is 10.7 Å². The quantitative estimate of drug-likeness (QED) is 0.768. The van der Waals surface area contributed by atoms with Gasteiger partial charge in [-0.3, -0.25) is 4.79 Å². The number of aromatic nitrogens is 2. The van der Waals surface area contributed by atoms with E-state index in [-0.39, 0.29) is 11.3 Å². The van der Waals surface area contributed by atoms with Crippen LogP contribution in [0.5, 0.6) is 0 Å². The molecule has 7 heteroatoms. The molecule has 1 N–H and O–H groups in total. The van der Waals surface area contributed by atoms with Gasteiger partial charge >= 0.3 is 0 Å². The van der Waals surface area contributed by atoms with Crippen molar-refractivity contribution in [3.63, 3.8) is 0 Å². The Kier molecular flexibility index (Phi) is 4.26. The van der Waals surface area contributed by atoms with E-state index in [0.29, 0.717) is 21.8 Å². The number of hydrogen-bond acceptors (Lipinski definition) is 6. The van der Waals surface area contributed by atoms with Crippen molar-refractivity contribution in [3.05, 3.63) is 51.9 Å². The minimum absolute atomic E-state index is 0.124. The summed E-state index contributed by atoms with van der Waals surface area (Å²) in [6.07, 6.45) is 0. The van der Waals surface area contributed by atoms with E-state index in [1.807, 2.05) is 35.7 Å². The first-order valence-corrected chi connectivity index (χ1v) is 8.52. The number of thioether (sulfide) groups is 1. The first kappa shape index (κ1) is 14.8. The second-order valence-corrected chi connectivity index (χ2v) is 6.42. The smallest absolute Gasteiger partial charge is 0.260 e. The van der Waals surface area contributed by atoms with Crippen LogP contribution in [0.3, 0.4) is 0 Å². The molecule has 0 bridgehead atoms. The van der Waals surface area contributed by atoms with E-state index >= 15 is 0 Å². The predicted molar refractivity (Wildman–Crippen MR) is 86.8 cm³/mol. The number of carboxylic acids is 1.